The number of hydrogen-bond acceptors (Lipinski definition) is 5. The highest BCUT2D eigenvalue weighted by Gasteiger charge is 2.19. The van der Waals surface area contributed by atoms with Crippen LogP contribution in [0, 0.1) is 24.7 Å². The molecule has 0 N–H and O–H groups in total. The summed E-state index contributed by atoms with van der Waals surface area (Å²) in [6, 6.07) is 0. The van der Waals surface area contributed by atoms with Crippen molar-refractivity contribution in [2.24, 2.45) is 5.92 Å². The van der Waals surface area contributed by atoms with Gasteiger partial charge in [-0.1, -0.05) is 17.9 Å². The van der Waals surface area contributed by atoms with Gasteiger partial charge in [0.15, 0.2) is 0 Å². The zero-order chi connectivity index (χ0) is 17.6. The zero-order valence-corrected chi connectivity index (χ0v) is 15.5. The molecule has 1 aliphatic heterocycles. The Balaban J connectivity index is 1.75. The molecule has 4 nitrogen and oxygen atoms in total. The summed E-state index contributed by atoms with van der Waals surface area (Å²) in [5, 5.41) is 0.903. The molecule has 132 valence electrons. The third-order valence-corrected chi connectivity index (χ3v) is 5.34. The number of aryl methyl sites for hydroxylation is 1. The molecule has 0 bridgehead atoms. The van der Waals surface area contributed by atoms with E-state index in [1.54, 1.807) is 11.3 Å². The molecule has 5 heteroatoms. The monoisotopic (exact) mass is 357 g/mol. The van der Waals surface area contributed by atoms with Crippen LogP contribution in [0.15, 0.2) is 23.9 Å². The molecule has 0 saturated carbocycles. The SMILES string of the molecule is COC(=O)[C@@H]1C#CC(c2ncc(C)s2)=CC(CCC[C@@H]2CCCO2)=C1. The Kier molecular flexibility index (Phi) is 6.06. The second kappa shape index (κ2) is 8.46. The van der Waals surface area contributed by atoms with E-state index in [2.05, 4.69) is 22.9 Å². The molecule has 2 heterocycles. The van der Waals surface area contributed by atoms with Crippen LogP contribution in [0.4, 0.5) is 0 Å². The minimum Gasteiger partial charge on any atom is -0.468 e. The molecule has 0 radical (unpaired) electrons. The highest BCUT2D eigenvalue weighted by molar-refractivity contribution is 7.12. The predicted molar refractivity (Wildman–Crippen MR) is 99.0 cm³/mol. The molecule has 1 aliphatic carbocycles. The Morgan fingerprint density at radius 3 is 3.08 bits per heavy atom. The first-order valence-corrected chi connectivity index (χ1v) is 9.53. The first kappa shape index (κ1) is 17.9. The van der Waals surface area contributed by atoms with E-state index in [1.165, 1.54) is 13.5 Å². The second-order valence-electron chi connectivity index (χ2n) is 6.37. The molecule has 3 rings (SSSR count). The molecule has 25 heavy (non-hydrogen) atoms. The van der Waals surface area contributed by atoms with Gasteiger partial charge in [0.2, 0.25) is 0 Å². The minimum atomic E-state index is -0.516. The van der Waals surface area contributed by atoms with E-state index in [1.807, 2.05) is 19.2 Å². The van der Waals surface area contributed by atoms with E-state index in [0.717, 1.165) is 53.3 Å². The molecule has 2 aliphatic rings. The van der Waals surface area contributed by atoms with Gasteiger partial charge in [-0.15, -0.1) is 11.3 Å². The number of carbonyl (C=O) groups is 1. The Hall–Kier alpha value is -1.90. The standard InChI is InChI=1S/C20H23NO3S/c1-14-13-21-19(25-14)16-8-9-17(20(22)23-2)12-15(11-16)5-3-6-18-7-4-10-24-18/h11-13,17-18H,3-7,10H2,1-2H3/t17-,18-/m1/s1. The van der Waals surface area contributed by atoms with Crippen LogP contribution in [-0.2, 0) is 14.3 Å². The predicted octanol–water partition coefficient (Wildman–Crippen LogP) is 3.92. The van der Waals surface area contributed by atoms with Gasteiger partial charge in [0.1, 0.15) is 10.9 Å². The van der Waals surface area contributed by atoms with Crippen LogP contribution in [0.3, 0.4) is 0 Å². The summed E-state index contributed by atoms with van der Waals surface area (Å²) in [6.45, 7) is 2.92. The fraction of sp³-hybridized carbons (Fsp3) is 0.500. The van der Waals surface area contributed by atoms with E-state index >= 15 is 0 Å². The summed E-state index contributed by atoms with van der Waals surface area (Å²) in [5.41, 5.74) is 1.99. The van der Waals surface area contributed by atoms with Gasteiger partial charge in [-0.05, 0) is 50.7 Å². The number of rotatable bonds is 6. The lowest BCUT2D eigenvalue weighted by atomic mass is 10.0. The summed E-state index contributed by atoms with van der Waals surface area (Å²) in [4.78, 5) is 17.6. The van der Waals surface area contributed by atoms with Crippen molar-refractivity contribution < 1.29 is 14.3 Å². The average molecular weight is 357 g/mol. The smallest absolute Gasteiger partial charge is 0.324 e. The Bertz CT molecular complexity index is 744. The molecule has 2 atom stereocenters. The van der Waals surface area contributed by atoms with Gasteiger partial charge in [0.25, 0.3) is 0 Å². The van der Waals surface area contributed by atoms with Crippen LogP contribution in [0.1, 0.15) is 42.0 Å². The van der Waals surface area contributed by atoms with Gasteiger partial charge in [0, 0.05) is 17.7 Å². The number of aromatic nitrogens is 1. The molecule has 1 saturated heterocycles. The molecule has 0 unspecified atom stereocenters. The van der Waals surface area contributed by atoms with E-state index in [4.69, 9.17) is 9.47 Å². The topological polar surface area (TPSA) is 48.4 Å². The highest BCUT2D eigenvalue weighted by Crippen LogP contribution is 2.27. The third-order valence-electron chi connectivity index (χ3n) is 4.40. The Morgan fingerprint density at radius 2 is 2.40 bits per heavy atom. The first-order chi connectivity index (χ1) is 12.2. The quantitative estimate of drug-likeness (QED) is 0.572. The molecule has 0 aromatic carbocycles. The normalized spacial score (nSPS) is 22.5. The molecule has 0 spiro atoms. The van der Waals surface area contributed by atoms with Crippen LogP contribution in [0.2, 0.25) is 0 Å². The van der Waals surface area contributed by atoms with Crippen LogP contribution in [0.5, 0.6) is 0 Å². The zero-order valence-electron chi connectivity index (χ0n) is 14.7. The van der Waals surface area contributed by atoms with Crippen molar-refractivity contribution in [1.82, 2.24) is 4.98 Å². The van der Waals surface area contributed by atoms with Gasteiger partial charge in [-0.2, -0.15) is 0 Å². The number of hydrogen-bond donors (Lipinski definition) is 0. The second-order valence-corrected chi connectivity index (χ2v) is 7.61. The maximum absolute atomic E-state index is 12.0. The number of allylic oxidation sites excluding steroid dienone is 3. The van der Waals surface area contributed by atoms with Crippen molar-refractivity contribution in [3.8, 4) is 11.8 Å². The average Bonchev–Trinajstić information content (AvgIpc) is 3.23. The lowest BCUT2D eigenvalue weighted by Gasteiger charge is -2.10. The first-order valence-electron chi connectivity index (χ1n) is 8.72. The van der Waals surface area contributed by atoms with Crippen LogP contribution in [-0.4, -0.2) is 30.8 Å². The van der Waals surface area contributed by atoms with E-state index in [9.17, 15) is 4.79 Å². The molecule has 1 aromatic rings. The van der Waals surface area contributed by atoms with Crippen molar-refractivity contribution in [3.05, 3.63) is 33.8 Å². The highest BCUT2D eigenvalue weighted by atomic mass is 32.1. The van der Waals surface area contributed by atoms with Crippen LogP contribution >= 0.6 is 11.3 Å². The number of thiazole rings is 1. The molecule has 0 amide bonds. The van der Waals surface area contributed by atoms with Crippen LogP contribution in [0.25, 0.3) is 5.57 Å². The summed E-state index contributed by atoms with van der Waals surface area (Å²) >= 11 is 1.62. The number of carbonyl (C=O) groups excluding carboxylic acids is 1. The summed E-state index contributed by atoms with van der Waals surface area (Å²) in [5.74, 6) is 5.32. The number of methoxy groups -OCH3 is 1. The van der Waals surface area contributed by atoms with Gasteiger partial charge < -0.3 is 9.47 Å². The number of nitrogens with zero attached hydrogens (tertiary/aromatic N) is 1. The fourth-order valence-corrected chi connectivity index (χ4v) is 3.83. The van der Waals surface area contributed by atoms with Crippen molar-refractivity contribution in [2.75, 3.05) is 13.7 Å². The van der Waals surface area contributed by atoms with Crippen LogP contribution < -0.4 is 0 Å². The van der Waals surface area contributed by atoms with Crippen molar-refractivity contribution >= 4 is 22.9 Å². The van der Waals surface area contributed by atoms with Crippen molar-refractivity contribution in [3.63, 3.8) is 0 Å². The van der Waals surface area contributed by atoms with Gasteiger partial charge in [0.05, 0.1) is 18.8 Å². The molecular formula is C20H23NO3S. The summed E-state index contributed by atoms with van der Waals surface area (Å²) in [6.07, 6.45) is 11.6. The Morgan fingerprint density at radius 1 is 1.52 bits per heavy atom. The minimum absolute atomic E-state index is 0.311. The van der Waals surface area contributed by atoms with Gasteiger partial charge >= 0.3 is 5.97 Å². The third kappa shape index (κ3) is 4.81. The maximum atomic E-state index is 12.0. The molecule has 1 aromatic heterocycles. The van der Waals surface area contributed by atoms with E-state index < -0.39 is 5.92 Å². The number of ether oxygens (including phenoxy) is 2. The van der Waals surface area contributed by atoms with Crippen molar-refractivity contribution in [2.45, 2.75) is 45.1 Å². The van der Waals surface area contributed by atoms with Gasteiger partial charge in [-0.25, -0.2) is 4.98 Å². The maximum Gasteiger partial charge on any atom is 0.324 e. The molecular weight excluding hydrogens is 334 g/mol. The molecule has 1 fully saturated rings. The van der Waals surface area contributed by atoms with Crippen molar-refractivity contribution in [1.29, 1.82) is 0 Å². The lowest BCUT2D eigenvalue weighted by Crippen LogP contribution is -2.12. The summed E-state index contributed by atoms with van der Waals surface area (Å²) in [7, 11) is 1.40. The fourth-order valence-electron chi connectivity index (χ4n) is 3.09. The van der Waals surface area contributed by atoms with E-state index in [-0.39, 0.29) is 5.97 Å². The lowest BCUT2D eigenvalue weighted by molar-refractivity contribution is -0.142. The largest absolute Gasteiger partial charge is 0.468 e. The van der Waals surface area contributed by atoms with Gasteiger partial charge in [-0.3, -0.25) is 4.79 Å². The number of esters is 1. The Labute approximate surface area is 152 Å². The summed E-state index contributed by atoms with van der Waals surface area (Å²) < 4.78 is 10.6. The van der Waals surface area contributed by atoms with E-state index in [0.29, 0.717) is 6.10 Å².